The maximum atomic E-state index is 4.32. The molecule has 0 aromatic carbocycles. The first-order chi connectivity index (χ1) is 7.42. The van der Waals surface area contributed by atoms with E-state index in [1.54, 1.807) is 22.7 Å². The van der Waals surface area contributed by atoms with Crippen molar-refractivity contribution in [3.8, 4) is 0 Å². The zero-order valence-electron chi connectivity index (χ0n) is 7.88. The van der Waals surface area contributed by atoms with E-state index in [1.807, 2.05) is 23.8 Å². The molecule has 0 radical (unpaired) electrons. The van der Waals surface area contributed by atoms with Crippen LogP contribution in [0.1, 0.15) is 9.88 Å². The van der Waals surface area contributed by atoms with Crippen molar-refractivity contribution in [1.29, 1.82) is 0 Å². The molecule has 0 amide bonds. The summed E-state index contributed by atoms with van der Waals surface area (Å²) in [5, 5.41) is 3.18. The monoisotopic (exact) mass is 232 g/mol. The summed E-state index contributed by atoms with van der Waals surface area (Å²) < 4.78 is 1.25. The lowest BCUT2D eigenvalue weighted by atomic mass is 10.3. The van der Waals surface area contributed by atoms with E-state index in [2.05, 4.69) is 22.1 Å². The Balaban J connectivity index is 1.98. The molecule has 0 fully saturated rings. The van der Waals surface area contributed by atoms with E-state index in [0.29, 0.717) is 0 Å². The molecule has 3 heterocycles. The molecule has 0 N–H and O–H groups in total. The molecular weight excluding hydrogens is 224 g/mol. The first-order valence-corrected chi connectivity index (χ1v) is 6.33. The molecule has 4 heteroatoms. The van der Waals surface area contributed by atoms with Gasteiger partial charge in [0.05, 0.1) is 15.2 Å². The fourth-order valence-electron chi connectivity index (χ4n) is 1.50. The van der Waals surface area contributed by atoms with E-state index in [1.165, 1.54) is 14.6 Å². The van der Waals surface area contributed by atoms with Gasteiger partial charge in [0.25, 0.3) is 0 Å². The third-order valence-corrected chi connectivity index (χ3v) is 4.02. The van der Waals surface area contributed by atoms with Crippen molar-refractivity contribution in [2.75, 3.05) is 0 Å². The molecule has 0 aliphatic carbocycles. The number of aromatic nitrogens is 2. The summed E-state index contributed by atoms with van der Waals surface area (Å²) in [5.74, 6) is 0. The molecule has 15 heavy (non-hydrogen) atoms. The summed E-state index contributed by atoms with van der Waals surface area (Å²) >= 11 is 3.50. The molecule has 2 nitrogen and oxygen atoms in total. The van der Waals surface area contributed by atoms with Gasteiger partial charge in [-0.1, -0.05) is 0 Å². The van der Waals surface area contributed by atoms with Crippen molar-refractivity contribution in [2.24, 2.45) is 0 Å². The highest BCUT2D eigenvalue weighted by molar-refractivity contribution is 7.19. The van der Waals surface area contributed by atoms with Gasteiger partial charge in [-0.25, -0.2) is 4.98 Å². The lowest BCUT2D eigenvalue weighted by Crippen LogP contribution is -1.80. The molecular formula is C11H8N2S2. The van der Waals surface area contributed by atoms with Gasteiger partial charge in [0, 0.05) is 29.1 Å². The lowest BCUT2D eigenvalue weighted by Gasteiger charge is -1.88. The molecule has 3 aromatic heterocycles. The number of hydrogen-bond donors (Lipinski definition) is 0. The second-order valence-corrected chi connectivity index (χ2v) is 5.35. The number of fused-ring (bicyclic) bond motifs is 1. The van der Waals surface area contributed by atoms with Crippen LogP contribution in [0, 0.1) is 0 Å². The standard InChI is InChI=1S/C11H8N2S2/c1-2-10-9(12-3-1)6-8(15-10)7-11-13-4-5-14-11/h1-6H,7H2. The largest absolute Gasteiger partial charge is 0.255 e. The second kappa shape index (κ2) is 3.72. The number of pyridine rings is 1. The SMILES string of the molecule is c1cnc2cc(Cc3nccs3)sc2c1. The lowest BCUT2D eigenvalue weighted by molar-refractivity contribution is 1.17. The van der Waals surface area contributed by atoms with Crippen LogP contribution in [-0.4, -0.2) is 9.97 Å². The predicted molar refractivity (Wildman–Crippen MR) is 64.5 cm³/mol. The summed E-state index contributed by atoms with van der Waals surface area (Å²) in [7, 11) is 0. The number of thiophene rings is 1. The summed E-state index contributed by atoms with van der Waals surface area (Å²) in [5.41, 5.74) is 1.09. The van der Waals surface area contributed by atoms with Gasteiger partial charge < -0.3 is 0 Å². The molecule has 3 aromatic rings. The van der Waals surface area contributed by atoms with Crippen molar-refractivity contribution < 1.29 is 0 Å². The third kappa shape index (κ3) is 1.78. The molecule has 0 aliphatic heterocycles. The molecule has 3 rings (SSSR count). The number of hydrogen-bond acceptors (Lipinski definition) is 4. The average molecular weight is 232 g/mol. The summed E-state index contributed by atoms with van der Waals surface area (Å²) in [6, 6.07) is 6.24. The van der Waals surface area contributed by atoms with Crippen molar-refractivity contribution in [3.63, 3.8) is 0 Å². The molecule has 0 atom stereocenters. The maximum absolute atomic E-state index is 4.32. The Hall–Kier alpha value is -1.26. The van der Waals surface area contributed by atoms with Gasteiger partial charge >= 0.3 is 0 Å². The zero-order chi connectivity index (χ0) is 10.1. The molecule has 0 aliphatic rings. The minimum atomic E-state index is 0.929. The minimum absolute atomic E-state index is 0.929. The fraction of sp³-hybridized carbons (Fsp3) is 0.0909. The molecule has 0 saturated heterocycles. The van der Waals surface area contributed by atoms with Crippen LogP contribution in [0.4, 0.5) is 0 Å². The summed E-state index contributed by atoms with van der Waals surface area (Å²) in [6.45, 7) is 0. The van der Waals surface area contributed by atoms with E-state index < -0.39 is 0 Å². The molecule has 0 bridgehead atoms. The van der Waals surface area contributed by atoms with Gasteiger partial charge in [-0.2, -0.15) is 0 Å². The fourth-order valence-corrected chi connectivity index (χ4v) is 3.25. The average Bonchev–Trinajstić information content (AvgIpc) is 2.86. The number of nitrogens with zero attached hydrogens (tertiary/aromatic N) is 2. The van der Waals surface area contributed by atoms with Gasteiger partial charge in [0.1, 0.15) is 0 Å². The van der Waals surface area contributed by atoms with Crippen LogP contribution in [0.2, 0.25) is 0 Å². The van der Waals surface area contributed by atoms with E-state index in [9.17, 15) is 0 Å². The van der Waals surface area contributed by atoms with Crippen LogP contribution in [-0.2, 0) is 6.42 Å². The van der Waals surface area contributed by atoms with Crippen molar-refractivity contribution >= 4 is 32.9 Å². The van der Waals surface area contributed by atoms with Gasteiger partial charge in [-0.3, -0.25) is 4.98 Å². The van der Waals surface area contributed by atoms with Crippen LogP contribution >= 0.6 is 22.7 Å². The van der Waals surface area contributed by atoms with Crippen LogP contribution in [0.15, 0.2) is 36.0 Å². The smallest absolute Gasteiger partial charge is 0.0977 e. The Morgan fingerprint density at radius 3 is 3.00 bits per heavy atom. The molecule has 0 spiro atoms. The Kier molecular flexibility index (Phi) is 2.23. The normalized spacial score (nSPS) is 10.9. The van der Waals surface area contributed by atoms with Crippen LogP contribution in [0.25, 0.3) is 10.2 Å². The minimum Gasteiger partial charge on any atom is -0.255 e. The topological polar surface area (TPSA) is 25.8 Å². The molecule has 74 valence electrons. The van der Waals surface area contributed by atoms with Gasteiger partial charge in [0.15, 0.2) is 0 Å². The highest BCUT2D eigenvalue weighted by Crippen LogP contribution is 2.25. The third-order valence-electron chi connectivity index (χ3n) is 2.15. The quantitative estimate of drug-likeness (QED) is 0.677. The Bertz CT molecular complexity index is 536. The highest BCUT2D eigenvalue weighted by atomic mass is 32.1. The van der Waals surface area contributed by atoms with Crippen molar-refractivity contribution in [2.45, 2.75) is 6.42 Å². The van der Waals surface area contributed by atoms with E-state index in [-0.39, 0.29) is 0 Å². The Morgan fingerprint density at radius 1 is 1.20 bits per heavy atom. The molecule has 0 saturated carbocycles. The first-order valence-electron chi connectivity index (χ1n) is 4.63. The number of rotatable bonds is 2. The summed E-state index contributed by atoms with van der Waals surface area (Å²) in [4.78, 5) is 9.94. The van der Waals surface area contributed by atoms with E-state index in [0.717, 1.165) is 11.9 Å². The van der Waals surface area contributed by atoms with Gasteiger partial charge in [-0.05, 0) is 18.2 Å². The maximum Gasteiger partial charge on any atom is 0.0977 e. The van der Waals surface area contributed by atoms with Crippen LogP contribution < -0.4 is 0 Å². The van der Waals surface area contributed by atoms with Gasteiger partial charge in [0.2, 0.25) is 0 Å². The van der Waals surface area contributed by atoms with Gasteiger partial charge in [-0.15, -0.1) is 22.7 Å². The van der Waals surface area contributed by atoms with E-state index in [4.69, 9.17) is 0 Å². The first kappa shape index (κ1) is 9.00. The van der Waals surface area contributed by atoms with Crippen molar-refractivity contribution in [1.82, 2.24) is 9.97 Å². The van der Waals surface area contributed by atoms with Crippen molar-refractivity contribution in [3.05, 3.63) is 45.9 Å². The second-order valence-electron chi connectivity index (χ2n) is 3.20. The zero-order valence-corrected chi connectivity index (χ0v) is 9.52. The van der Waals surface area contributed by atoms with Crippen LogP contribution in [0.5, 0.6) is 0 Å². The molecule has 0 unspecified atom stereocenters. The highest BCUT2D eigenvalue weighted by Gasteiger charge is 2.04. The van der Waals surface area contributed by atoms with E-state index >= 15 is 0 Å². The number of thiazole rings is 1. The summed E-state index contributed by atoms with van der Waals surface area (Å²) in [6.07, 6.45) is 4.62. The predicted octanol–water partition coefficient (Wildman–Crippen LogP) is 3.34. The van der Waals surface area contributed by atoms with Crippen LogP contribution in [0.3, 0.4) is 0 Å². The Morgan fingerprint density at radius 2 is 2.20 bits per heavy atom. The Labute approximate surface area is 95.3 Å².